The van der Waals surface area contributed by atoms with Gasteiger partial charge in [-0.15, -0.1) is 0 Å². The average molecular weight is 247 g/mol. The molecule has 1 N–H and O–H groups in total. The van der Waals surface area contributed by atoms with Crippen molar-refractivity contribution in [1.29, 1.82) is 0 Å². The van der Waals surface area contributed by atoms with Crippen LogP contribution in [0.2, 0.25) is 0 Å². The van der Waals surface area contributed by atoms with Crippen LogP contribution in [0.25, 0.3) is 0 Å². The van der Waals surface area contributed by atoms with Gasteiger partial charge in [0.05, 0.1) is 0 Å². The summed E-state index contributed by atoms with van der Waals surface area (Å²) in [6.45, 7) is 0. The number of nitrogens with one attached hydrogen (secondary N) is 1. The Morgan fingerprint density at radius 1 is 1.17 bits per heavy atom. The van der Waals surface area contributed by atoms with Crippen molar-refractivity contribution in [2.24, 2.45) is 5.92 Å². The van der Waals surface area contributed by atoms with Crippen molar-refractivity contribution in [1.82, 2.24) is 15.2 Å². The van der Waals surface area contributed by atoms with Crippen LogP contribution < -0.4 is 5.32 Å². The zero-order valence-electron chi connectivity index (χ0n) is 11.8. The highest BCUT2D eigenvalue weighted by atomic mass is 15.1. The van der Waals surface area contributed by atoms with Gasteiger partial charge in [-0.25, -0.2) is 0 Å². The zero-order chi connectivity index (χ0) is 13.0. The highest BCUT2D eigenvalue weighted by molar-refractivity contribution is 5.16. The molecule has 1 aromatic heterocycles. The van der Waals surface area contributed by atoms with Crippen LogP contribution in [0.15, 0.2) is 24.5 Å². The predicted molar refractivity (Wildman–Crippen MR) is 75.5 cm³/mol. The van der Waals surface area contributed by atoms with Gasteiger partial charge in [0.2, 0.25) is 0 Å². The van der Waals surface area contributed by atoms with Crippen LogP contribution in [0, 0.1) is 5.92 Å². The van der Waals surface area contributed by atoms with Crippen molar-refractivity contribution >= 4 is 0 Å². The van der Waals surface area contributed by atoms with Crippen molar-refractivity contribution in [3.63, 3.8) is 0 Å². The molecule has 2 rings (SSSR count). The molecular formula is C15H25N3. The van der Waals surface area contributed by atoms with E-state index in [0.717, 1.165) is 12.0 Å². The highest BCUT2D eigenvalue weighted by Gasteiger charge is 2.29. The highest BCUT2D eigenvalue weighted by Crippen LogP contribution is 2.37. The molecule has 1 unspecified atom stereocenters. The standard InChI is InChI=1S/C15H25N3/c1-16-14-6-4-12(5-7-14)15(18(2)3)13-8-10-17-11-9-13/h8-12,14-16H,4-7H2,1-3H3. The zero-order valence-corrected chi connectivity index (χ0v) is 11.8. The predicted octanol–water partition coefficient (Wildman–Crippen LogP) is 2.46. The first-order valence-corrected chi connectivity index (χ1v) is 6.96. The maximum atomic E-state index is 4.13. The van der Waals surface area contributed by atoms with Gasteiger partial charge >= 0.3 is 0 Å². The van der Waals surface area contributed by atoms with E-state index < -0.39 is 0 Å². The number of aromatic nitrogens is 1. The van der Waals surface area contributed by atoms with Crippen LogP contribution in [0.3, 0.4) is 0 Å². The summed E-state index contributed by atoms with van der Waals surface area (Å²) in [5.74, 6) is 0.770. The molecule has 1 aromatic rings. The number of hydrogen-bond donors (Lipinski definition) is 1. The molecule has 0 amide bonds. The lowest BCUT2D eigenvalue weighted by Gasteiger charge is -2.37. The van der Waals surface area contributed by atoms with Gasteiger partial charge in [-0.2, -0.15) is 0 Å². The molecule has 0 aromatic carbocycles. The van der Waals surface area contributed by atoms with E-state index in [9.17, 15) is 0 Å². The Morgan fingerprint density at radius 3 is 2.28 bits per heavy atom. The summed E-state index contributed by atoms with van der Waals surface area (Å²) in [5, 5.41) is 3.41. The normalized spacial score (nSPS) is 26.2. The fourth-order valence-corrected chi connectivity index (χ4v) is 3.28. The number of nitrogens with zero attached hydrogens (tertiary/aromatic N) is 2. The van der Waals surface area contributed by atoms with E-state index in [2.05, 4.69) is 48.5 Å². The Morgan fingerprint density at radius 2 is 1.78 bits per heavy atom. The minimum Gasteiger partial charge on any atom is -0.317 e. The molecule has 1 aliphatic carbocycles. The molecule has 1 heterocycles. The molecule has 1 atom stereocenters. The molecule has 0 radical (unpaired) electrons. The molecule has 3 heteroatoms. The Hall–Kier alpha value is -0.930. The molecule has 0 saturated heterocycles. The quantitative estimate of drug-likeness (QED) is 0.886. The second-order valence-electron chi connectivity index (χ2n) is 5.59. The van der Waals surface area contributed by atoms with Gasteiger partial charge in [-0.05, 0) is 70.4 Å². The summed E-state index contributed by atoms with van der Waals surface area (Å²) in [6.07, 6.45) is 9.05. The first kappa shape index (κ1) is 13.5. The lowest BCUT2D eigenvalue weighted by atomic mass is 9.79. The second kappa shape index (κ2) is 6.30. The summed E-state index contributed by atoms with van der Waals surface area (Å²) < 4.78 is 0. The van der Waals surface area contributed by atoms with Crippen LogP contribution in [0.1, 0.15) is 37.3 Å². The van der Waals surface area contributed by atoms with Gasteiger partial charge in [0.1, 0.15) is 0 Å². The maximum absolute atomic E-state index is 4.13. The molecule has 100 valence electrons. The lowest BCUT2D eigenvalue weighted by molar-refractivity contribution is 0.159. The van der Waals surface area contributed by atoms with Gasteiger partial charge in [0.25, 0.3) is 0 Å². The van der Waals surface area contributed by atoms with Crippen LogP contribution >= 0.6 is 0 Å². The summed E-state index contributed by atoms with van der Waals surface area (Å²) in [7, 11) is 6.46. The van der Waals surface area contributed by atoms with Gasteiger partial charge in [0.15, 0.2) is 0 Å². The van der Waals surface area contributed by atoms with Crippen molar-refractivity contribution in [2.75, 3.05) is 21.1 Å². The van der Waals surface area contributed by atoms with Crippen molar-refractivity contribution in [3.8, 4) is 0 Å². The Labute approximate surface area is 111 Å². The van der Waals surface area contributed by atoms with Crippen LogP contribution in [0.4, 0.5) is 0 Å². The fraction of sp³-hybridized carbons (Fsp3) is 0.667. The average Bonchev–Trinajstić information content (AvgIpc) is 2.40. The minimum atomic E-state index is 0.533. The summed E-state index contributed by atoms with van der Waals surface area (Å²) >= 11 is 0. The lowest BCUT2D eigenvalue weighted by Crippen LogP contribution is -2.35. The van der Waals surface area contributed by atoms with E-state index in [0.29, 0.717) is 6.04 Å². The van der Waals surface area contributed by atoms with E-state index in [1.165, 1.54) is 31.2 Å². The van der Waals surface area contributed by atoms with Gasteiger partial charge in [-0.1, -0.05) is 0 Å². The molecule has 3 nitrogen and oxygen atoms in total. The molecule has 0 bridgehead atoms. The SMILES string of the molecule is CNC1CCC(C(c2ccncc2)N(C)C)CC1. The molecule has 0 spiro atoms. The van der Waals surface area contributed by atoms with E-state index >= 15 is 0 Å². The van der Waals surface area contributed by atoms with Crippen LogP contribution in [-0.4, -0.2) is 37.1 Å². The number of hydrogen-bond acceptors (Lipinski definition) is 3. The molecular weight excluding hydrogens is 222 g/mol. The van der Waals surface area contributed by atoms with Gasteiger partial charge < -0.3 is 10.2 Å². The number of pyridine rings is 1. The minimum absolute atomic E-state index is 0.533. The van der Waals surface area contributed by atoms with Crippen molar-refractivity contribution in [2.45, 2.75) is 37.8 Å². The molecule has 1 aliphatic rings. The maximum Gasteiger partial charge on any atom is 0.0371 e. The third kappa shape index (κ3) is 3.09. The first-order chi connectivity index (χ1) is 8.72. The third-order valence-corrected chi connectivity index (χ3v) is 4.23. The first-order valence-electron chi connectivity index (χ1n) is 6.96. The third-order valence-electron chi connectivity index (χ3n) is 4.23. The summed E-state index contributed by atoms with van der Waals surface area (Å²) in [4.78, 5) is 6.49. The Balaban J connectivity index is 2.08. The van der Waals surface area contributed by atoms with Gasteiger partial charge in [-0.3, -0.25) is 4.98 Å². The van der Waals surface area contributed by atoms with Crippen molar-refractivity contribution in [3.05, 3.63) is 30.1 Å². The summed E-state index contributed by atoms with van der Waals surface area (Å²) in [5.41, 5.74) is 1.41. The Bertz CT molecular complexity index is 342. The molecule has 0 aliphatic heterocycles. The number of rotatable bonds is 4. The molecule has 18 heavy (non-hydrogen) atoms. The van der Waals surface area contributed by atoms with Crippen molar-refractivity contribution < 1.29 is 0 Å². The largest absolute Gasteiger partial charge is 0.317 e. The summed E-state index contributed by atoms with van der Waals surface area (Å²) in [6, 6.07) is 5.58. The fourth-order valence-electron chi connectivity index (χ4n) is 3.28. The van der Waals surface area contributed by atoms with Crippen LogP contribution in [-0.2, 0) is 0 Å². The monoisotopic (exact) mass is 247 g/mol. The van der Waals surface area contributed by atoms with E-state index in [1.807, 2.05) is 12.4 Å². The molecule has 1 fully saturated rings. The topological polar surface area (TPSA) is 28.2 Å². The Kier molecular flexibility index (Phi) is 4.72. The van der Waals surface area contributed by atoms with E-state index in [1.54, 1.807) is 0 Å². The second-order valence-corrected chi connectivity index (χ2v) is 5.59. The molecule has 1 saturated carbocycles. The van der Waals surface area contributed by atoms with E-state index in [4.69, 9.17) is 0 Å². The van der Waals surface area contributed by atoms with Crippen LogP contribution in [0.5, 0.6) is 0 Å². The van der Waals surface area contributed by atoms with Gasteiger partial charge in [0, 0.05) is 24.5 Å². The smallest absolute Gasteiger partial charge is 0.0371 e. The van der Waals surface area contributed by atoms with E-state index in [-0.39, 0.29) is 0 Å².